The summed E-state index contributed by atoms with van der Waals surface area (Å²) in [4.78, 5) is 9.80. The average Bonchev–Trinajstić information content (AvgIpc) is 2.04. The van der Waals surface area contributed by atoms with Crippen LogP contribution in [0.5, 0.6) is 5.75 Å². The molecule has 2 nitrogen and oxygen atoms in total. The second-order valence-electron chi connectivity index (χ2n) is 2.41. The van der Waals surface area contributed by atoms with Crippen molar-refractivity contribution in [2.75, 3.05) is 6.61 Å². The zero-order chi connectivity index (χ0) is 7.68. The molecule has 1 aliphatic rings. The molecule has 0 aromatic heterocycles. The van der Waals surface area contributed by atoms with E-state index in [2.05, 4.69) is 15.9 Å². The molecule has 0 bridgehead atoms. The van der Waals surface area contributed by atoms with E-state index in [1.165, 1.54) is 5.56 Å². The monoisotopic (exact) mass is 214 g/mol. The Morgan fingerprint density at radius 2 is 2.27 bits per heavy atom. The molecule has 1 aromatic rings. The van der Waals surface area contributed by atoms with Crippen LogP contribution in [0.3, 0.4) is 0 Å². The van der Waals surface area contributed by atoms with E-state index >= 15 is 0 Å². The molecule has 0 amide bonds. The van der Waals surface area contributed by atoms with E-state index in [0.29, 0.717) is 6.61 Å². The largest absolute Gasteiger partial charge is 0.337 e. The van der Waals surface area contributed by atoms with Crippen LogP contribution in [0.15, 0.2) is 22.7 Å². The Morgan fingerprint density at radius 1 is 1.36 bits per heavy atom. The molecule has 0 saturated heterocycles. The number of hydrogen-bond acceptors (Lipinski definition) is 2. The molecule has 0 radical (unpaired) electrons. The van der Waals surface area contributed by atoms with Crippen LogP contribution >= 0.6 is 15.9 Å². The summed E-state index contributed by atoms with van der Waals surface area (Å²) < 4.78 is 1.02. The fourth-order valence-corrected chi connectivity index (χ4v) is 1.41. The Hall–Kier alpha value is -0.540. The summed E-state index contributed by atoms with van der Waals surface area (Å²) >= 11 is 3.35. The van der Waals surface area contributed by atoms with Crippen molar-refractivity contribution in [2.24, 2.45) is 0 Å². The van der Waals surface area contributed by atoms with Crippen molar-refractivity contribution in [3.8, 4) is 5.75 Å². The van der Waals surface area contributed by atoms with Gasteiger partial charge in [0.1, 0.15) is 0 Å². The van der Waals surface area contributed by atoms with Crippen LogP contribution in [0.25, 0.3) is 0 Å². The Morgan fingerprint density at radius 3 is 3.18 bits per heavy atom. The van der Waals surface area contributed by atoms with Crippen molar-refractivity contribution in [2.45, 2.75) is 6.42 Å². The number of halogens is 1. The summed E-state index contributed by atoms with van der Waals surface area (Å²) in [6, 6.07) is 5.96. The quantitative estimate of drug-likeness (QED) is 0.618. The second kappa shape index (κ2) is 2.83. The Balaban J connectivity index is 2.43. The third kappa shape index (κ3) is 1.39. The maximum atomic E-state index is 4.97. The average molecular weight is 215 g/mol. The zero-order valence-electron chi connectivity index (χ0n) is 5.84. The molecule has 0 unspecified atom stereocenters. The van der Waals surface area contributed by atoms with Gasteiger partial charge in [-0.15, -0.1) is 0 Å². The summed E-state index contributed by atoms with van der Waals surface area (Å²) in [5.74, 6) is 0.825. The van der Waals surface area contributed by atoms with Crippen LogP contribution in [0.2, 0.25) is 0 Å². The molecule has 3 heteroatoms. The van der Waals surface area contributed by atoms with Crippen molar-refractivity contribution in [1.29, 1.82) is 0 Å². The topological polar surface area (TPSA) is 18.5 Å². The fraction of sp³-hybridized carbons (Fsp3) is 0.250. The molecular formula is C8H7BrO2. The Kier molecular flexibility index (Phi) is 1.84. The SMILES string of the molecule is Brc1ccc2c(c1)OOCC2. The lowest BCUT2D eigenvalue weighted by Gasteiger charge is -2.14. The van der Waals surface area contributed by atoms with E-state index in [0.717, 1.165) is 16.6 Å². The lowest BCUT2D eigenvalue weighted by Crippen LogP contribution is -2.10. The highest BCUT2D eigenvalue weighted by Crippen LogP contribution is 2.26. The van der Waals surface area contributed by atoms with Gasteiger partial charge < -0.3 is 4.89 Å². The minimum atomic E-state index is 0.647. The smallest absolute Gasteiger partial charge is 0.169 e. The van der Waals surface area contributed by atoms with Gasteiger partial charge in [-0.3, -0.25) is 0 Å². The van der Waals surface area contributed by atoms with E-state index in [9.17, 15) is 0 Å². The van der Waals surface area contributed by atoms with Crippen molar-refractivity contribution in [3.05, 3.63) is 28.2 Å². The van der Waals surface area contributed by atoms with Crippen LogP contribution in [0.1, 0.15) is 5.56 Å². The third-order valence-electron chi connectivity index (χ3n) is 1.63. The van der Waals surface area contributed by atoms with E-state index in [-0.39, 0.29) is 0 Å². The van der Waals surface area contributed by atoms with Gasteiger partial charge in [-0.25, -0.2) is 0 Å². The molecule has 2 rings (SSSR count). The zero-order valence-corrected chi connectivity index (χ0v) is 7.43. The molecule has 0 fully saturated rings. The normalized spacial score (nSPS) is 15.4. The summed E-state index contributed by atoms with van der Waals surface area (Å²) in [6.45, 7) is 0.647. The molecule has 0 spiro atoms. The first kappa shape index (κ1) is 7.13. The van der Waals surface area contributed by atoms with E-state index < -0.39 is 0 Å². The number of benzene rings is 1. The first-order chi connectivity index (χ1) is 5.36. The summed E-state index contributed by atoms with van der Waals surface area (Å²) in [7, 11) is 0. The molecule has 0 atom stereocenters. The highest BCUT2D eigenvalue weighted by molar-refractivity contribution is 9.10. The summed E-state index contributed by atoms with van der Waals surface area (Å²) in [5, 5.41) is 0. The standard InChI is InChI=1S/C8H7BrO2/c9-7-2-1-6-3-4-10-11-8(6)5-7/h1-2,5H,3-4H2. The first-order valence-electron chi connectivity index (χ1n) is 3.44. The lowest BCUT2D eigenvalue weighted by molar-refractivity contribution is -0.215. The first-order valence-corrected chi connectivity index (χ1v) is 4.23. The van der Waals surface area contributed by atoms with Crippen molar-refractivity contribution >= 4 is 15.9 Å². The summed E-state index contributed by atoms with van der Waals surface area (Å²) in [5.41, 5.74) is 1.21. The van der Waals surface area contributed by atoms with E-state index in [1.807, 2.05) is 18.2 Å². The molecule has 1 aliphatic heterocycles. The van der Waals surface area contributed by atoms with Crippen molar-refractivity contribution in [3.63, 3.8) is 0 Å². The van der Waals surface area contributed by atoms with Gasteiger partial charge in [0.2, 0.25) is 0 Å². The third-order valence-corrected chi connectivity index (χ3v) is 2.13. The van der Waals surface area contributed by atoms with Crippen LogP contribution in [0, 0.1) is 0 Å². The van der Waals surface area contributed by atoms with Crippen LogP contribution in [-0.2, 0) is 11.3 Å². The predicted octanol–water partition coefficient (Wildman–Crippen LogP) is 2.32. The molecule has 0 saturated carbocycles. The van der Waals surface area contributed by atoms with Gasteiger partial charge in [-0.1, -0.05) is 22.0 Å². The van der Waals surface area contributed by atoms with Gasteiger partial charge in [0, 0.05) is 16.5 Å². The molecule has 11 heavy (non-hydrogen) atoms. The molecule has 0 aliphatic carbocycles. The van der Waals surface area contributed by atoms with Gasteiger partial charge >= 0.3 is 0 Å². The highest BCUT2D eigenvalue weighted by Gasteiger charge is 2.10. The predicted molar refractivity (Wildman–Crippen MR) is 44.4 cm³/mol. The minimum Gasteiger partial charge on any atom is -0.337 e. The van der Waals surface area contributed by atoms with E-state index in [4.69, 9.17) is 9.78 Å². The maximum absolute atomic E-state index is 4.97. The Bertz CT molecular complexity index is 273. The number of hydrogen-bond donors (Lipinski definition) is 0. The van der Waals surface area contributed by atoms with Gasteiger partial charge in [-0.05, 0) is 12.1 Å². The maximum Gasteiger partial charge on any atom is 0.169 e. The number of fused-ring (bicyclic) bond motifs is 1. The molecular weight excluding hydrogens is 208 g/mol. The Labute approximate surface area is 73.2 Å². The van der Waals surface area contributed by atoms with Gasteiger partial charge in [-0.2, -0.15) is 4.89 Å². The van der Waals surface area contributed by atoms with E-state index in [1.54, 1.807) is 0 Å². The summed E-state index contributed by atoms with van der Waals surface area (Å²) in [6.07, 6.45) is 0.933. The molecule has 0 N–H and O–H groups in total. The van der Waals surface area contributed by atoms with Gasteiger partial charge in [0.15, 0.2) is 5.75 Å². The highest BCUT2D eigenvalue weighted by atomic mass is 79.9. The van der Waals surface area contributed by atoms with Crippen molar-refractivity contribution in [1.82, 2.24) is 0 Å². The lowest BCUT2D eigenvalue weighted by atomic mass is 10.1. The van der Waals surface area contributed by atoms with Crippen molar-refractivity contribution < 1.29 is 9.78 Å². The fourth-order valence-electron chi connectivity index (χ4n) is 1.07. The van der Waals surface area contributed by atoms with Gasteiger partial charge in [0.25, 0.3) is 0 Å². The molecule has 1 heterocycles. The van der Waals surface area contributed by atoms with Crippen LogP contribution < -0.4 is 4.89 Å². The van der Waals surface area contributed by atoms with Gasteiger partial charge in [0.05, 0.1) is 6.61 Å². The minimum absolute atomic E-state index is 0.647. The molecule has 58 valence electrons. The molecule has 1 aromatic carbocycles. The van der Waals surface area contributed by atoms with Crippen LogP contribution in [0.4, 0.5) is 0 Å². The number of rotatable bonds is 0. The van der Waals surface area contributed by atoms with Crippen LogP contribution in [-0.4, -0.2) is 6.61 Å². The second-order valence-corrected chi connectivity index (χ2v) is 3.32.